The van der Waals surface area contributed by atoms with Crippen molar-refractivity contribution in [3.8, 4) is 0 Å². The number of guanidine groups is 1. The molecule has 0 amide bonds. The van der Waals surface area contributed by atoms with Crippen molar-refractivity contribution in [3.05, 3.63) is 24.4 Å². The van der Waals surface area contributed by atoms with Crippen molar-refractivity contribution in [1.29, 1.82) is 0 Å². The van der Waals surface area contributed by atoms with Gasteiger partial charge in [-0.3, -0.25) is 4.99 Å². The number of aliphatic imine (C=N–C) groups is 1. The van der Waals surface area contributed by atoms with E-state index in [1.807, 2.05) is 19.3 Å². The Morgan fingerprint density at radius 2 is 1.88 bits per heavy atom. The van der Waals surface area contributed by atoms with E-state index in [1.54, 1.807) is 0 Å². The lowest BCUT2D eigenvalue weighted by Crippen LogP contribution is -2.53. The van der Waals surface area contributed by atoms with Crippen LogP contribution in [0, 0.1) is 5.92 Å². The zero-order valence-electron chi connectivity index (χ0n) is 16.1. The van der Waals surface area contributed by atoms with Gasteiger partial charge in [0, 0.05) is 52.5 Å². The molecule has 2 aliphatic rings. The summed E-state index contributed by atoms with van der Waals surface area (Å²) in [4.78, 5) is 16.2. The standard InChI is InChI=1S/C19H32N6.HI/c1-17-6-10-23(11-7-17)12-9-22-19(20-2)25-15-13-24(14-16-25)18-5-3-4-8-21-18;/h3-5,8,17H,6-7,9-16H2,1-2H3,(H,20,22);1H. The molecule has 2 fully saturated rings. The Kier molecular flexibility index (Phi) is 8.90. The molecule has 0 atom stereocenters. The maximum Gasteiger partial charge on any atom is 0.193 e. The predicted octanol–water partition coefficient (Wildman–Crippen LogP) is 2.13. The second kappa shape index (κ2) is 10.9. The number of aromatic nitrogens is 1. The Labute approximate surface area is 175 Å². The highest BCUT2D eigenvalue weighted by atomic mass is 127. The highest BCUT2D eigenvalue weighted by molar-refractivity contribution is 14.0. The van der Waals surface area contributed by atoms with Gasteiger partial charge in [-0.2, -0.15) is 0 Å². The number of hydrogen-bond acceptors (Lipinski definition) is 4. The molecular formula is C19H33IN6. The monoisotopic (exact) mass is 472 g/mol. The van der Waals surface area contributed by atoms with Gasteiger partial charge in [0.2, 0.25) is 0 Å². The third-order valence-corrected chi connectivity index (χ3v) is 5.35. The van der Waals surface area contributed by atoms with Gasteiger partial charge in [-0.1, -0.05) is 13.0 Å². The van der Waals surface area contributed by atoms with Crippen molar-refractivity contribution in [2.45, 2.75) is 19.8 Å². The molecular weight excluding hydrogens is 439 g/mol. The number of likely N-dealkylation sites (tertiary alicyclic amines) is 1. The minimum Gasteiger partial charge on any atom is -0.355 e. The van der Waals surface area contributed by atoms with Gasteiger partial charge in [-0.25, -0.2) is 4.98 Å². The van der Waals surface area contributed by atoms with E-state index in [-0.39, 0.29) is 24.0 Å². The number of nitrogens with one attached hydrogen (secondary N) is 1. The molecule has 0 saturated carbocycles. The van der Waals surface area contributed by atoms with Crippen molar-refractivity contribution in [2.24, 2.45) is 10.9 Å². The largest absolute Gasteiger partial charge is 0.355 e. The van der Waals surface area contributed by atoms with Crippen LogP contribution in [0.4, 0.5) is 5.82 Å². The van der Waals surface area contributed by atoms with Gasteiger partial charge in [0.15, 0.2) is 5.96 Å². The Morgan fingerprint density at radius 3 is 2.50 bits per heavy atom. The molecule has 1 aromatic heterocycles. The number of piperazine rings is 1. The summed E-state index contributed by atoms with van der Waals surface area (Å²) in [6.45, 7) is 10.9. The molecule has 1 N–H and O–H groups in total. The highest BCUT2D eigenvalue weighted by Crippen LogP contribution is 2.15. The molecule has 0 aromatic carbocycles. The zero-order chi connectivity index (χ0) is 17.5. The lowest BCUT2D eigenvalue weighted by atomic mass is 9.99. The number of pyridine rings is 1. The van der Waals surface area contributed by atoms with Gasteiger partial charge >= 0.3 is 0 Å². The molecule has 0 bridgehead atoms. The molecule has 146 valence electrons. The normalized spacial score (nSPS) is 20.0. The number of nitrogens with zero attached hydrogens (tertiary/aromatic N) is 5. The minimum absolute atomic E-state index is 0. The van der Waals surface area contributed by atoms with Gasteiger partial charge in [0.1, 0.15) is 5.82 Å². The minimum atomic E-state index is 0. The van der Waals surface area contributed by atoms with Crippen LogP contribution in [0.15, 0.2) is 29.4 Å². The second-order valence-electron chi connectivity index (χ2n) is 7.16. The maximum absolute atomic E-state index is 4.48. The molecule has 26 heavy (non-hydrogen) atoms. The molecule has 3 heterocycles. The topological polar surface area (TPSA) is 47.0 Å². The summed E-state index contributed by atoms with van der Waals surface area (Å²) in [6, 6.07) is 6.10. The van der Waals surface area contributed by atoms with Crippen molar-refractivity contribution < 1.29 is 0 Å². The third kappa shape index (κ3) is 5.97. The maximum atomic E-state index is 4.48. The Balaban J connectivity index is 0.00000243. The molecule has 2 aliphatic heterocycles. The highest BCUT2D eigenvalue weighted by Gasteiger charge is 2.20. The number of halogens is 1. The lowest BCUT2D eigenvalue weighted by molar-refractivity contribution is 0.194. The average molecular weight is 472 g/mol. The van der Waals surface area contributed by atoms with E-state index in [1.165, 1.54) is 25.9 Å². The summed E-state index contributed by atoms with van der Waals surface area (Å²) < 4.78 is 0. The molecule has 3 rings (SSSR count). The van der Waals surface area contributed by atoms with Crippen LogP contribution in [0.1, 0.15) is 19.8 Å². The summed E-state index contributed by atoms with van der Waals surface area (Å²) in [7, 11) is 1.88. The van der Waals surface area contributed by atoms with Gasteiger partial charge in [0.25, 0.3) is 0 Å². The third-order valence-electron chi connectivity index (χ3n) is 5.35. The van der Waals surface area contributed by atoms with E-state index in [0.29, 0.717) is 0 Å². The van der Waals surface area contributed by atoms with Gasteiger partial charge in [0.05, 0.1) is 0 Å². The van der Waals surface area contributed by atoms with Crippen LogP contribution in [-0.2, 0) is 0 Å². The van der Waals surface area contributed by atoms with Crippen LogP contribution in [0.2, 0.25) is 0 Å². The number of anilines is 1. The molecule has 7 heteroatoms. The first-order chi connectivity index (χ1) is 12.3. The Morgan fingerprint density at radius 1 is 1.15 bits per heavy atom. The van der Waals surface area contributed by atoms with Crippen LogP contribution in [0.3, 0.4) is 0 Å². The first kappa shape index (κ1) is 21.2. The van der Waals surface area contributed by atoms with E-state index in [0.717, 1.165) is 57.0 Å². The van der Waals surface area contributed by atoms with Gasteiger partial charge < -0.3 is 20.0 Å². The molecule has 0 unspecified atom stereocenters. The number of rotatable bonds is 4. The quantitative estimate of drug-likeness (QED) is 0.414. The van der Waals surface area contributed by atoms with Gasteiger partial charge in [-0.05, 0) is 44.0 Å². The van der Waals surface area contributed by atoms with Crippen molar-refractivity contribution in [2.75, 3.05) is 64.3 Å². The molecule has 6 nitrogen and oxygen atoms in total. The van der Waals surface area contributed by atoms with Crippen LogP contribution in [-0.4, -0.2) is 80.1 Å². The molecule has 0 aliphatic carbocycles. The molecule has 0 spiro atoms. The fourth-order valence-corrected chi connectivity index (χ4v) is 3.63. The first-order valence-corrected chi connectivity index (χ1v) is 9.60. The van der Waals surface area contributed by atoms with Crippen molar-refractivity contribution in [1.82, 2.24) is 20.1 Å². The lowest BCUT2D eigenvalue weighted by Gasteiger charge is -2.37. The molecule has 1 aromatic rings. The fraction of sp³-hybridized carbons (Fsp3) is 0.684. The number of hydrogen-bond donors (Lipinski definition) is 1. The Hall–Kier alpha value is -1.09. The summed E-state index contributed by atoms with van der Waals surface area (Å²) >= 11 is 0. The van der Waals surface area contributed by atoms with E-state index in [9.17, 15) is 0 Å². The van der Waals surface area contributed by atoms with E-state index in [2.05, 4.69) is 49.0 Å². The molecule has 2 saturated heterocycles. The van der Waals surface area contributed by atoms with Crippen LogP contribution in [0.5, 0.6) is 0 Å². The zero-order valence-corrected chi connectivity index (χ0v) is 18.4. The van der Waals surface area contributed by atoms with E-state index in [4.69, 9.17) is 0 Å². The summed E-state index contributed by atoms with van der Waals surface area (Å²) in [5.74, 6) is 3.00. The summed E-state index contributed by atoms with van der Waals surface area (Å²) in [5.41, 5.74) is 0. The smallest absolute Gasteiger partial charge is 0.193 e. The Bertz CT molecular complexity index is 536. The SMILES string of the molecule is CN=C(NCCN1CCC(C)CC1)N1CCN(c2ccccn2)CC1.I. The van der Waals surface area contributed by atoms with Gasteiger partial charge in [-0.15, -0.1) is 24.0 Å². The first-order valence-electron chi connectivity index (χ1n) is 9.60. The molecule has 0 radical (unpaired) electrons. The van der Waals surface area contributed by atoms with Crippen molar-refractivity contribution >= 4 is 35.8 Å². The summed E-state index contributed by atoms with van der Waals surface area (Å²) in [6.07, 6.45) is 4.54. The van der Waals surface area contributed by atoms with Crippen LogP contribution in [0.25, 0.3) is 0 Å². The average Bonchev–Trinajstić information content (AvgIpc) is 2.68. The van der Waals surface area contributed by atoms with Crippen molar-refractivity contribution in [3.63, 3.8) is 0 Å². The number of piperidine rings is 1. The fourth-order valence-electron chi connectivity index (χ4n) is 3.63. The van der Waals surface area contributed by atoms with Crippen LogP contribution < -0.4 is 10.2 Å². The van der Waals surface area contributed by atoms with Crippen LogP contribution >= 0.6 is 24.0 Å². The van der Waals surface area contributed by atoms with E-state index >= 15 is 0 Å². The van der Waals surface area contributed by atoms with E-state index < -0.39 is 0 Å². The predicted molar refractivity (Wildman–Crippen MR) is 120 cm³/mol. The second-order valence-corrected chi connectivity index (χ2v) is 7.16. The summed E-state index contributed by atoms with van der Waals surface area (Å²) in [5, 5.41) is 3.55.